The van der Waals surface area contributed by atoms with Crippen molar-refractivity contribution in [1.29, 1.82) is 0 Å². The first-order valence-corrected chi connectivity index (χ1v) is 13.8. The Morgan fingerprint density at radius 1 is 1.00 bits per heavy atom. The van der Waals surface area contributed by atoms with Crippen molar-refractivity contribution in [1.82, 2.24) is 24.4 Å². The van der Waals surface area contributed by atoms with Gasteiger partial charge in [0.15, 0.2) is 5.82 Å². The molecule has 3 aromatic heterocycles. The number of fused-ring (bicyclic) bond motifs is 1. The van der Waals surface area contributed by atoms with Crippen LogP contribution in [0.15, 0.2) is 83.8 Å². The lowest BCUT2D eigenvalue weighted by molar-refractivity contribution is 0.315. The minimum absolute atomic E-state index is 0.222. The number of para-hydroxylation sites is 1. The van der Waals surface area contributed by atoms with Gasteiger partial charge in [0.05, 0.1) is 16.8 Å². The maximum atomic E-state index is 13.3. The Labute approximate surface area is 233 Å². The molecule has 0 aliphatic carbocycles. The summed E-state index contributed by atoms with van der Waals surface area (Å²) in [5.41, 5.74) is 5.06. The number of thiazole rings is 1. The molecule has 3 aromatic carbocycles. The normalized spacial score (nSPS) is 11.9. The summed E-state index contributed by atoms with van der Waals surface area (Å²) in [5.74, 6) is 1.34. The van der Waals surface area contributed by atoms with Gasteiger partial charge in [-0.15, -0.1) is 5.10 Å². The predicted octanol–water partition coefficient (Wildman–Crippen LogP) is 5.97. The fraction of sp³-hybridized carbons (Fsp3) is 0.133. The fourth-order valence-corrected chi connectivity index (χ4v) is 5.32. The summed E-state index contributed by atoms with van der Waals surface area (Å²) in [4.78, 5) is 18.4. The van der Waals surface area contributed by atoms with Crippen LogP contribution in [0.1, 0.15) is 24.5 Å². The number of benzene rings is 3. The van der Waals surface area contributed by atoms with Gasteiger partial charge in [-0.2, -0.15) is 14.6 Å². The van der Waals surface area contributed by atoms with Crippen molar-refractivity contribution in [3.05, 3.63) is 110 Å². The summed E-state index contributed by atoms with van der Waals surface area (Å²) in [5, 5.41) is 10.0. The largest absolute Gasteiger partial charge is 0.493 e. The van der Waals surface area contributed by atoms with Crippen LogP contribution in [0.3, 0.4) is 0 Å². The smallest absolute Gasteiger partial charge is 0.291 e. The molecule has 3 heterocycles. The van der Waals surface area contributed by atoms with Crippen LogP contribution in [0.25, 0.3) is 39.4 Å². The molecule has 0 fully saturated rings. The number of hydrogen-bond donors (Lipinski definition) is 0. The van der Waals surface area contributed by atoms with Gasteiger partial charge < -0.3 is 4.74 Å². The number of nitrogens with zero attached hydrogens (tertiary/aromatic N) is 5. The third-order valence-electron chi connectivity index (χ3n) is 6.24. The molecule has 9 heteroatoms. The highest BCUT2D eigenvalue weighted by Crippen LogP contribution is 2.29. The lowest BCUT2D eigenvalue weighted by Gasteiger charge is -2.09. The van der Waals surface area contributed by atoms with Gasteiger partial charge >= 0.3 is 0 Å². The molecule has 6 rings (SSSR count). The second kappa shape index (κ2) is 10.5. The van der Waals surface area contributed by atoms with Crippen LogP contribution in [0.4, 0.5) is 0 Å². The molecule has 0 bridgehead atoms. The zero-order valence-corrected chi connectivity index (χ0v) is 22.9. The van der Waals surface area contributed by atoms with E-state index in [2.05, 4.69) is 23.1 Å². The van der Waals surface area contributed by atoms with E-state index in [-0.39, 0.29) is 5.56 Å². The molecule has 0 aliphatic rings. The number of rotatable bonds is 7. The highest BCUT2D eigenvalue weighted by atomic mass is 35.5. The van der Waals surface area contributed by atoms with Crippen LogP contribution in [-0.2, 0) is 0 Å². The van der Waals surface area contributed by atoms with E-state index < -0.39 is 0 Å². The standard InChI is InChI=1S/C30H24ClN5O2S/c1-3-15-38-25-14-11-21(16-19(25)2)27-22(18-35(33-27)24-7-5-4-6-8-24)17-26-29(37)36-30(39-26)32-28(34-36)20-9-12-23(31)13-10-20/h4-14,16-18H,3,15H2,1-2H3/b26-17-. The first-order valence-electron chi connectivity index (χ1n) is 12.6. The van der Waals surface area contributed by atoms with E-state index in [1.54, 1.807) is 12.1 Å². The average molecular weight is 554 g/mol. The van der Waals surface area contributed by atoms with Crippen molar-refractivity contribution in [3.63, 3.8) is 0 Å². The molecule has 0 saturated carbocycles. The number of aromatic nitrogens is 5. The second-order valence-corrected chi connectivity index (χ2v) is 10.5. The summed E-state index contributed by atoms with van der Waals surface area (Å²) < 4.78 is 9.58. The molecular formula is C30H24ClN5O2S. The molecule has 39 heavy (non-hydrogen) atoms. The Bertz CT molecular complexity index is 1890. The molecule has 0 saturated heterocycles. The highest BCUT2D eigenvalue weighted by molar-refractivity contribution is 7.15. The molecular weight excluding hydrogens is 530 g/mol. The van der Waals surface area contributed by atoms with Crippen molar-refractivity contribution in [2.24, 2.45) is 0 Å². The second-order valence-electron chi connectivity index (χ2n) is 9.09. The van der Waals surface area contributed by atoms with Gasteiger partial charge in [0.25, 0.3) is 5.56 Å². The Balaban J connectivity index is 1.45. The predicted molar refractivity (Wildman–Crippen MR) is 156 cm³/mol. The number of hydrogen-bond acceptors (Lipinski definition) is 6. The molecule has 6 aromatic rings. The average Bonchev–Trinajstić information content (AvgIpc) is 3.64. The third-order valence-corrected chi connectivity index (χ3v) is 7.46. The SMILES string of the molecule is CCCOc1ccc(-c2nn(-c3ccccc3)cc2/C=c2\sc3nc(-c4ccc(Cl)cc4)nn3c2=O)cc1C. The van der Waals surface area contributed by atoms with Crippen molar-refractivity contribution < 1.29 is 4.74 Å². The van der Waals surface area contributed by atoms with Gasteiger partial charge in [-0.25, -0.2) is 4.68 Å². The minimum Gasteiger partial charge on any atom is -0.493 e. The molecule has 0 atom stereocenters. The zero-order chi connectivity index (χ0) is 26.9. The fourth-order valence-electron chi connectivity index (χ4n) is 4.30. The summed E-state index contributed by atoms with van der Waals surface area (Å²) in [6.07, 6.45) is 4.75. The Kier molecular flexibility index (Phi) is 6.72. The van der Waals surface area contributed by atoms with Gasteiger partial charge in [-0.1, -0.05) is 48.1 Å². The Morgan fingerprint density at radius 3 is 2.49 bits per heavy atom. The van der Waals surface area contributed by atoms with Crippen LogP contribution in [0.2, 0.25) is 5.02 Å². The lowest BCUT2D eigenvalue weighted by atomic mass is 10.0. The van der Waals surface area contributed by atoms with E-state index in [4.69, 9.17) is 21.4 Å². The summed E-state index contributed by atoms with van der Waals surface area (Å²) in [6.45, 7) is 4.78. The van der Waals surface area contributed by atoms with Gasteiger partial charge in [0.2, 0.25) is 4.96 Å². The Morgan fingerprint density at radius 2 is 1.77 bits per heavy atom. The summed E-state index contributed by atoms with van der Waals surface area (Å²) >= 11 is 7.30. The van der Waals surface area contributed by atoms with Crippen molar-refractivity contribution in [2.75, 3.05) is 6.61 Å². The van der Waals surface area contributed by atoms with Crippen molar-refractivity contribution in [3.8, 4) is 34.1 Å². The number of aryl methyl sites for hydroxylation is 1. The molecule has 0 amide bonds. The summed E-state index contributed by atoms with van der Waals surface area (Å²) in [6, 6.07) is 23.2. The monoisotopic (exact) mass is 553 g/mol. The first kappa shape index (κ1) is 25.0. The number of halogens is 1. The van der Waals surface area contributed by atoms with Crippen LogP contribution in [0.5, 0.6) is 5.75 Å². The maximum absolute atomic E-state index is 13.3. The molecule has 0 radical (unpaired) electrons. The van der Waals surface area contributed by atoms with E-state index in [0.717, 1.165) is 45.8 Å². The lowest BCUT2D eigenvalue weighted by Crippen LogP contribution is -2.23. The van der Waals surface area contributed by atoms with Crippen LogP contribution < -0.4 is 14.8 Å². The van der Waals surface area contributed by atoms with E-state index in [1.807, 2.05) is 78.5 Å². The molecule has 0 spiro atoms. The van der Waals surface area contributed by atoms with Crippen LogP contribution in [-0.4, -0.2) is 31.0 Å². The van der Waals surface area contributed by atoms with Gasteiger partial charge in [0.1, 0.15) is 11.4 Å². The topological polar surface area (TPSA) is 74.3 Å². The summed E-state index contributed by atoms with van der Waals surface area (Å²) in [7, 11) is 0. The van der Waals surface area contributed by atoms with Gasteiger partial charge in [0, 0.05) is 27.9 Å². The number of ether oxygens (including phenoxy) is 1. The molecule has 0 aliphatic heterocycles. The molecule has 0 unspecified atom stereocenters. The molecule has 7 nitrogen and oxygen atoms in total. The Hall–Kier alpha value is -4.27. The van der Waals surface area contributed by atoms with E-state index >= 15 is 0 Å². The van der Waals surface area contributed by atoms with Crippen LogP contribution >= 0.6 is 22.9 Å². The van der Waals surface area contributed by atoms with Crippen molar-refractivity contribution >= 4 is 34.0 Å². The van der Waals surface area contributed by atoms with Gasteiger partial charge in [-0.05, 0) is 79.6 Å². The first-order chi connectivity index (χ1) is 19.0. The van der Waals surface area contributed by atoms with Crippen LogP contribution in [0, 0.1) is 6.92 Å². The van der Waals surface area contributed by atoms with Gasteiger partial charge in [-0.3, -0.25) is 4.79 Å². The zero-order valence-electron chi connectivity index (χ0n) is 21.3. The van der Waals surface area contributed by atoms with E-state index in [1.165, 1.54) is 15.9 Å². The van der Waals surface area contributed by atoms with E-state index in [0.29, 0.717) is 26.9 Å². The molecule has 194 valence electrons. The molecule has 0 N–H and O–H groups in total. The minimum atomic E-state index is -0.222. The van der Waals surface area contributed by atoms with Crippen molar-refractivity contribution in [2.45, 2.75) is 20.3 Å². The third kappa shape index (κ3) is 4.96. The quantitative estimate of drug-likeness (QED) is 0.243. The maximum Gasteiger partial charge on any atom is 0.291 e. The highest BCUT2D eigenvalue weighted by Gasteiger charge is 2.16. The van der Waals surface area contributed by atoms with E-state index in [9.17, 15) is 4.79 Å².